The van der Waals surface area contributed by atoms with Gasteiger partial charge in [-0.1, -0.05) is 30.3 Å². The molecule has 0 aromatic heterocycles. The van der Waals surface area contributed by atoms with Crippen molar-refractivity contribution in [2.75, 3.05) is 19.3 Å². The zero-order chi connectivity index (χ0) is 17.3. The van der Waals surface area contributed by atoms with E-state index in [2.05, 4.69) is 19.1 Å². The molecule has 2 aromatic rings. The van der Waals surface area contributed by atoms with Crippen LogP contribution in [0, 0.1) is 6.92 Å². The number of aryl methyl sites for hydroxylation is 1. The van der Waals surface area contributed by atoms with E-state index < -0.39 is 9.84 Å². The number of amides is 1. The van der Waals surface area contributed by atoms with Crippen molar-refractivity contribution in [2.45, 2.75) is 24.2 Å². The fourth-order valence-corrected chi connectivity index (χ4v) is 3.95. The van der Waals surface area contributed by atoms with Crippen LogP contribution in [0.5, 0.6) is 0 Å². The quantitative estimate of drug-likeness (QED) is 0.861. The van der Waals surface area contributed by atoms with Crippen LogP contribution in [0.2, 0.25) is 0 Å². The van der Waals surface area contributed by atoms with E-state index in [-0.39, 0.29) is 10.8 Å². The standard InChI is InChI=1S/C19H21NO3S/c1-14-6-3-4-9-18(14)16-10-11-20(13-16)19(21)15-7-5-8-17(12-15)24(2,22)23/h3-9,12,16H,10-11,13H2,1-2H3/t16-/m0/s1. The molecule has 126 valence electrons. The van der Waals surface area contributed by atoms with Crippen molar-refractivity contribution >= 4 is 15.7 Å². The molecule has 5 heteroatoms. The van der Waals surface area contributed by atoms with Gasteiger partial charge in [0.25, 0.3) is 5.91 Å². The highest BCUT2D eigenvalue weighted by Crippen LogP contribution is 2.30. The van der Waals surface area contributed by atoms with Crippen LogP contribution < -0.4 is 0 Å². The molecular formula is C19H21NO3S. The van der Waals surface area contributed by atoms with Crippen molar-refractivity contribution in [2.24, 2.45) is 0 Å². The lowest BCUT2D eigenvalue weighted by Crippen LogP contribution is -2.28. The Morgan fingerprint density at radius 1 is 1.12 bits per heavy atom. The first kappa shape index (κ1) is 16.7. The predicted octanol–water partition coefficient (Wildman–Crippen LogP) is 3.03. The summed E-state index contributed by atoms with van der Waals surface area (Å²) in [4.78, 5) is 14.7. The molecule has 1 heterocycles. The number of nitrogens with zero attached hydrogens (tertiary/aromatic N) is 1. The Morgan fingerprint density at radius 2 is 1.88 bits per heavy atom. The highest BCUT2D eigenvalue weighted by molar-refractivity contribution is 7.90. The van der Waals surface area contributed by atoms with E-state index in [1.165, 1.54) is 23.3 Å². The minimum absolute atomic E-state index is 0.100. The molecule has 24 heavy (non-hydrogen) atoms. The van der Waals surface area contributed by atoms with Gasteiger partial charge in [-0.05, 0) is 42.7 Å². The van der Waals surface area contributed by atoms with Crippen molar-refractivity contribution in [1.29, 1.82) is 0 Å². The Labute approximate surface area is 143 Å². The van der Waals surface area contributed by atoms with Gasteiger partial charge in [0, 0.05) is 30.8 Å². The monoisotopic (exact) mass is 343 g/mol. The molecule has 0 radical (unpaired) electrons. The maximum Gasteiger partial charge on any atom is 0.253 e. The molecule has 1 saturated heterocycles. The Balaban J connectivity index is 1.79. The zero-order valence-electron chi connectivity index (χ0n) is 13.9. The summed E-state index contributed by atoms with van der Waals surface area (Å²) in [5, 5.41) is 0. The lowest BCUT2D eigenvalue weighted by Gasteiger charge is -2.18. The fourth-order valence-electron chi connectivity index (χ4n) is 3.29. The molecule has 3 rings (SSSR count). The Kier molecular flexibility index (Phi) is 4.45. The van der Waals surface area contributed by atoms with Gasteiger partial charge in [0.05, 0.1) is 4.90 Å². The zero-order valence-corrected chi connectivity index (χ0v) is 14.7. The van der Waals surface area contributed by atoms with E-state index in [1.54, 1.807) is 12.1 Å². The molecule has 1 fully saturated rings. The first-order valence-electron chi connectivity index (χ1n) is 8.01. The Bertz CT molecular complexity index is 874. The van der Waals surface area contributed by atoms with Crippen LogP contribution in [-0.2, 0) is 9.84 Å². The molecule has 0 N–H and O–H groups in total. The highest BCUT2D eigenvalue weighted by atomic mass is 32.2. The molecule has 1 aliphatic rings. The molecule has 0 aliphatic carbocycles. The van der Waals surface area contributed by atoms with E-state index in [0.29, 0.717) is 24.6 Å². The van der Waals surface area contributed by atoms with Gasteiger partial charge in [0.1, 0.15) is 0 Å². The molecule has 0 bridgehead atoms. The summed E-state index contributed by atoms with van der Waals surface area (Å²) in [6, 6.07) is 14.6. The fraction of sp³-hybridized carbons (Fsp3) is 0.316. The average molecular weight is 343 g/mol. The molecule has 0 spiro atoms. The van der Waals surface area contributed by atoms with Crippen LogP contribution in [0.25, 0.3) is 0 Å². The summed E-state index contributed by atoms with van der Waals surface area (Å²) in [7, 11) is -3.31. The minimum Gasteiger partial charge on any atom is -0.338 e. The largest absolute Gasteiger partial charge is 0.338 e. The smallest absolute Gasteiger partial charge is 0.253 e. The average Bonchev–Trinajstić information content (AvgIpc) is 3.03. The van der Waals surface area contributed by atoms with Crippen molar-refractivity contribution < 1.29 is 13.2 Å². The van der Waals surface area contributed by atoms with Gasteiger partial charge in [-0.15, -0.1) is 0 Å². The third kappa shape index (κ3) is 3.36. The van der Waals surface area contributed by atoms with E-state index in [4.69, 9.17) is 0 Å². The number of carbonyl (C=O) groups excluding carboxylic acids is 1. The van der Waals surface area contributed by atoms with Crippen molar-refractivity contribution in [3.63, 3.8) is 0 Å². The maximum atomic E-state index is 12.7. The maximum absolute atomic E-state index is 12.7. The third-order valence-electron chi connectivity index (χ3n) is 4.61. The van der Waals surface area contributed by atoms with Gasteiger partial charge in [0.2, 0.25) is 0 Å². The first-order valence-corrected chi connectivity index (χ1v) is 9.90. The highest BCUT2D eigenvalue weighted by Gasteiger charge is 2.28. The number of carbonyl (C=O) groups is 1. The summed E-state index contributed by atoms with van der Waals surface area (Å²) in [6.45, 7) is 3.46. The predicted molar refractivity (Wildman–Crippen MR) is 94.0 cm³/mol. The number of hydrogen-bond donors (Lipinski definition) is 0. The summed E-state index contributed by atoms with van der Waals surface area (Å²) >= 11 is 0. The van der Waals surface area contributed by atoms with Gasteiger partial charge in [-0.25, -0.2) is 8.42 Å². The van der Waals surface area contributed by atoms with E-state index >= 15 is 0 Å². The van der Waals surface area contributed by atoms with Crippen molar-refractivity contribution in [1.82, 2.24) is 4.90 Å². The van der Waals surface area contributed by atoms with Crippen molar-refractivity contribution in [3.05, 3.63) is 65.2 Å². The van der Waals surface area contributed by atoms with Crippen molar-refractivity contribution in [3.8, 4) is 0 Å². The van der Waals surface area contributed by atoms with Crippen LogP contribution in [0.3, 0.4) is 0 Å². The number of sulfone groups is 1. The number of likely N-dealkylation sites (tertiary alicyclic amines) is 1. The van der Waals surface area contributed by atoms with E-state index in [9.17, 15) is 13.2 Å². The number of benzene rings is 2. The van der Waals surface area contributed by atoms with Gasteiger partial charge in [0.15, 0.2) is 9.84 Å². The molecule has 1 atom stereocenters. The second-order valence-corrected chi connectivity index (χ2v) is 8.41. The summed E-state index contributed by atoms with van der Waals surface area (Å²) in [5.74, 6) is 0.241. The van der Waals surface area contributed by atoms with E-state index in [1.807, 2.05) is 17.0 Å². The van der Waals surface area contributed by atoms with Crippen LogP contribution >= 0.6 is 0 Å². The normalized spacial score (nSPS) is 17.9. The molecule has 4 nitrogen and oxygen atoms in total. The van der Waals surface area contributed by atoms with Crippen LogP contribution in [0.4, 0.5) is 0 Å². The number of rotatable bonds is 3. The van der Waals surface area contributed by atoms with Crippen LogP contribution in [0.15, 0.2) is 53.4 Å². The molecule has 0 saturated carbocycles. The number of hydrogen-bond acceptors (Lipinski definition) is 3. The lowest BCUT2D eigenvalue weighted by molar-refractivity contribution is 0.0790. The molecular weight excluding hydrogens is 322 g/mol. The third-order valence-corrected chi connectivity index (χ3v) is 5.72. The van der Waals surface area contributed by atoms with Gasteiger partial charge >= 0.3 is 0 Å². The van der Waals surface area contributed by atoms with Gasteiger partial charge in [-0.2, -0.15) is 0 Å². The second kappa shape index (κ2) is 6.40. The summed E-state index contributed by atoms with van der Waals surface area (Å²) in [5.41, 5.74) is 2.97. The minimum atomic E-state index is -3.31. The Hall–Kier alpha value is -2.14. The van der Waals surface area contributed by atoms with Crippen LogP contribution in [0.1, 0.15) is 33.8 Å². The SMILES string of the molecule is Cc1ccccc1[C@H]1CCN(C(=O)c2cccc(S(C)(=O)=O)c2)C1. The van der Waals surface area contributed by atoms with E-state index in [0.717, 1.165) is 12.7 Å². The van der Waals surface area contributed by atoms with Crippen LogP contribution in [-0.4, -0.2) is 38.6 Å². The molecule has 1 amide bonds. The summed E-state index contributed by atoms with van der Waals surface area (Å²) in [6.07, 6.45) is 2.09. The van der Waals surface area contributed by atoms with Gasteiger partial charge in [-0.3, -0.25) is 4.79 Å². The Morgan fingerprint density at radius 3 is 2.58 bits per heavy atom. The molecule has 0 unspecified atom stereocenters. The summed E-state index contributed by atoms with van der Waals surface area (Å²) < 4.78 is 23.4. The van der Waals surface area contributed by atoms with Gasteiger partial charge < -0.3 is 4.90 Å². The lowest BCUT2D eigenvalue weighted by atomic mass is 9.94. The second-order valence-electron chi connectivity index (χ2n) is 6.39. The topological polar surface area (TPSA) is 54.5 Å². The molecule has 1 aliphatic heterocycles. The molecule has 2 aromatic carbocycles. The first-order chi connectivity index (χ1) is 11.4.